The van der Waals surface area contributed by atoms with Crippen LogP contribution in [0.3, 0.4) is 0 Å². The maximum atomic E-state index is 13.7. The fourth-order valence-corrected chi connectivity index (χ4v) is 1.37. The highest BCUT2D eigenvalue weighted by molar-refractivity contribution is 5.28. The van der Waals surface area contributed by atoms with Crippen LogP contribution in [0.1, 0.15) is 23.9 Å². The van der Waals surface area contributed by atoms with Crippen molar-refractivity contribution in [2.45, 2.75) is 26.4 Å². The summed E-state index contributed by atoms with van der Waals surface area (Å²) in [5.74, 6) is 0. The van der Waals surface area contributed by atoms with Crippen molar-refractivity contribution in [3.63, 3.8) is 0 Å². The van der Waals surface area contributed by atoms with Gasteiger partial charge in [-0.15, -0.1) is 0 Å². The Morgan fingerprint density at radius 3 is 2.50 bits per heavy atom. The van der Waals surface area contributed by atoms with E-state index < -0.39 is 5.67 Å². The molecule has 1 atom stereocenters. The molecule has 3 N–H and O–H groups in total. The van der Waals surface area contributed by atoms with Gasteiger partial charge in [-0.3, -0.25) is 0 Å². The lowest BCUT2D eigenvalue weighted by molar-refractivity contribution is 0.196. The molecule has 3 heteroatoms. The summed E-state index contributed by atoms with van der Waals surface area (Å²) in [4.78, 5) is 2.98. The van der Waals surface area contributed by atoms with Crippen LogP contribution < -0.4 is 5.73 Å². The molecule has 0 saturated heterocycles. The zero-order valence-electron chi connectivity index (χ0n) is 7.74. The minimum Gasteiger partial charge on any atom is -0.360 e. The lowest BCUT2D eigenvalue weighted by atomic mass is 10.0. The number of aryl methyl sites for hydroxylation is 2. The van der Waals surface area contributed by atoms with Crippen molar-refractivity contribution in [2.24, 2.45) is 5.73 Å². The number of nitrogens with one attached hydrogen (secondary N) is 1. The zero-order chi connectivity index (χ0) is 9.35. The van der Waals surface area contributed by atoms with Gasteiger partial charge in [-0.2, -0.15) is 0 Å². The molecule has 1 aromatic heterocycles. The van der Waals surface area contributed by atoms with Gasteiger partial charge in [0.25, 0.3) is 0 Å². The highest BCUT2D eigenvalue weighted by Gasteiger charge is 2.27. The molecule has 68 valence electrons. The SMILES string of the molecule is Cc1cc(C)c(C(C)(F)CN)[nH]1. The van der Waals surface area contributed by atoms with E-state index in [-0.39, 0.29) is 6.54 Å². The Hall–Kier alpha value is -0.830. The Morgan fingerprint density at radius 1 is 1.58 bits per heavy atom. The fourth-order valence-electron chi connectivity index (χ4n) is 1.37. The van der Waals surface area contributed by atoms with Crippen LogP contribution in [0.2, 0.25) is 0 Å². The van der Waals surface area contributed by atoms with Gasteiger partial charge in [-0.1, -0.05) is 0 Å². The molecule has 12 heavy (non-hydrogen) atoms. The van der Waals surface area contributed by atoms with Crippen molar-refractivity contribution >= 4 is 0 Å². The van der Waals surface area contributed by atoms with Gasteiger partial charge < -0.3 is 10.7 Å². The summed E-state index contributed by atoms with van der Waals surface area (Å²) in [5, 5.41) is 0. The van der Waals surface area contributed by atoms with E-state index in [0.717, 1.165) is 11.3 Å². The Labute approximate surface area is 72.0 Å². The molecule has 1 aromatic rings. The molecule has 0 saturated carbocycles. The third-order valence-electron chi connectivity index (χ3n) is 2.05. The highest BCUT2D eigenvalue weighted by atomic mass is 19.1. The van der Waals surface area contributed by atoms with Crippen LogP contribution in [0.15, 0.2) is 6.07 Å². The van der Waals surface area contributed by atoms with Crippen molar-refractivity contribution in [2.75, 3.05) is 6.54 Å². The lowest BCUT2D eigenvalue weighted by Crippen LogP contribution is -2.27. The first-order chi connectivity index (χ1) is 5.47. The van der Waals surface area contributed by atoms with Crippen molar-refractivity contribution in [1.82, 2.24) is 4.98 Å². The molecule has 2 nitrogen and oxygen atoms in total. The number of alkyl halides is 1. The van der Waals surface area contributed by atoms with Gasteiger partial charge >= 0.3 is 0 Å². The predicted octanol–water partition coefficient (Wildman–Crippen LogP) is 1.77. The van der Waals surface area contributed by atoms with E-state index in [1.165, 1.54) is 6.92 Å². The zero-order valence-corrected chi connectivity index (χ0v) is 7.74. The molecule has 1 unspecified atom stereocenters. The number of hydrogen-bond donors (Lipinski definition) is 2. The van der Waals surface area contributed by atoms with Crippen LogP contribution in [0, 0.1) is 13.8 Å². The molecule has 0 spiro atoms. The Balaban J connectivity index is 3.09. The van der Waals surface area contributed by atoms with Gasteiger partial charge in [-0.05, 0) is 32.4 Å². The summed E-state index contributed by atoms with van der Waals surface area (Å²) < 4.78 is 13.7. The molecule has 0 amide bonds. The minimum atomic E-state index is -1.43. The summed E-state index contributed by atoms with van der Waals surface area (Å²) in [6.45, 7) is 5.29. The van der Waals surface area contributed by atoms with Gasteiger partial charge in [0.2, 0.25) is 0 Å². The Bertz CT molecular complexity index is 276. The smallest absolute Gasteiger partial charge is 0.160 e. The van der Waals surface area contributed by atoms with Crippen LogP contribution in [-0.2, 0) is 5.67 Å². The Kier molecular flexibility index (Phi) is 2.24. The molecule has 1 heterocycles. The molecule has 0 fully saturated rings. The monoisotopic (exact) mass is 170 g/mol. The number of hydrogen-bond acceptors (Lipinski definition) is 1. The van der Waals surface area contributed by atoms with Gasteiger partial charge in [0.15, 0.2) is 5.67 Å². The first-order valence-electron chi connectivity index (χ1n) is 4.03. The molecule has 0 aromatic carbocycles. The van der Waals surface area contributed by atoms with E-state index >= 15 is 0 Å². The number of aromatic nitrogens is 1. The van der Waals surface area contributed by atoms with E-state index in [1.54, 1.807) is 0 Å². The predicted molar refractivity (Wildman–Crippen MR) is 47.8 cm³/mol. The number of rotatable bonds is 2. The van der Waals surface area contributed by atoms with Crippen LogP contribution in [0.25, 0.3) is 0 Å². The lowest BCUT2D eigenvalue weighted by Gasteiger charge is -2.17. The topological polar surface area (TPSA) is 41.8 Å². The van der Waals surface area contributed by atoms with E-state index in [2.05, 4.69) is 4.98 Å². The molecule has 0 aliphatic carbocycles. The van der Waals surface area contributed by atoms with Gasteiger partial charge in [0.05, 0.1) is 5.69 Å². The summed E-state index contributed by atoms with van der Waals surface area (Å²) in [6, 6.07) is 1.92. The fraction of sp³-hybridized carbons (Fsp3) is 0.556. The molecule has 0 aliphatic heterocycles. The molecule has 0 bridgehead atoms. The van der Waals surface area contributed by atoms with Crippen LogP contribution in [-0.4, -0.2) is 11.5 Å². The molecule has 1 rings (SSSR count). The standard InChI is InChI=1S/C9H15FN2/c1-6-4-7(2)12-8(6)9(3,10)5-11/h4,12H,5,11H2,1-3H3. The average Bonchev–Trinajstić information content (AvgIpc) is 2.31. The number of aromatic amines is 1. The summed E-state index contributed by atoms with van der Waals surface area (Å²) in [5.41, 5.74) is 6.39. The maximum Gasteiger partial charge on any atom is 0.160 e. The number of H-pyrrole nitrogens is 1. The summed E-state index contributed by atoms with van der Waals surface area (Å²) in [7, 11) is 0. The average molecular weight is 170 g/mol. The van der Waals surface area contributed by atoms with Crippen molar-refractivity contribution < 1.29 is 4.39 Å². The van der Waals surface area contributed by atoms with E-state index in [1.807, 2.05) is 19.9 Å². The third-order valence-corrected chi connectivity index (χ3v) is 2.05. The van der Waals surface area contributed by atoms with Gasteiger partial charge in [0.1, 0.15) is 0 Å². The largest absolute Gasteiger partial charge is 0.360 e. The van der Waals surface area contributed by atoms with E-state index in [9.17, 15) is 4.39 Å². The summed E-state index contributed by atoms with van der Waals surface area (Å²) >= 11 is 0. The quantitative estimate of drug-likeness (QED) is 0.698. The summed E-state index contributed by atoms with van der Waals surface area (Å²) in [6.07, 6.45) is 0. The van der Waals surface area contributed by atoms with E-state index in [4.69, 9.17) is 5.73 Å². The maximum absolute atomic E-state index is 13.7. The molecule has 0 aliphatic rings. The second-order valence-corrected chi connectivity index (χ2v) is 3.41. The second-order valence-electron chi connectivity index (χ2n) is 3.41. The van der Waals surface area contributed by atoms with Crippen LogP contribution in [0.5, 0.6) is 0 Å². The first-order valence-corrected chi connectivity index (χ1v) is 4.03. The second kappa shape index (κ2) is 2.90. The van der Waals surface area contributed by atoms with Crippen molar-refractivity contribution in [3.8, 4) is 0 Å². The van der Waals surface area contributed by atoms with E-state index in [0.29, 0.717) is 5.69 Å². The minimum absolute atomic E-state index is 0.00773. The molecular formula is C9H15FN2. The molecular weight excluding hydrogens is 155 g/mol. The Morgan fingerprint density at radius 2 is 2.17 bits per heavy atom. The molecule has 0 radical (unpaired) electrons. The number of nitrogens with two attached hydrogens (primary N) is 1. The van der Waals surface area contributed by atoms with Gasteiger partial charge in [0, 0.05) is 12.2 Å². The normalized spacial score (nSPS) is 16.1. The van der Waals surface area contributed by atoms with Crippen LogP contribution >= 0.6 is 0 Å². The van der Waals surface area contributed by atoms with Crippen LogP contribution in [0.4, 0.5) is 4.39 Å². The highest BCUT2D eigenvalue weighted by Crippen LogP contribution is 2.26. The van der Waals surface area contributed by atoms with Crippen molar-refractivity contribution in [1.29, 1.82) is 0 Å². The number of halogens is 1. The van der Waals surface area contributed by atoms with Crippen molar-refractivity contribution in [3.05, 3.63) is 23.0 Å². The third kappa shape index (κ3) is 1.50. The van der Waals surface area contributed by atoms with Gasteiger partial charge in [-0.25, -0.2) is 4.39 Å². The first kappa shape index (κ1) is 9.26.